The number of piperidine rings is 1. The first-order chi connectivity index (χ1) is 27.0. The summed E-state index contributed by atoms with van der Waals surface area (Å²) in [5, 5.41) is 5.81. The van der Waals surface area contributed by atoms with Crippen LogP contribution in [0.4, 0.5) is 10.6 Å². The Hall–Kier alpha value is -2.20. The van der Waals surface area contributed by atoms with Crippen molar-refractivity contribution >= 4 is 63.2 Å². The van der Waals surface area contributed by atoms with Gasteiger partial charge in [-0.15, -0.1) is 11.3 Å². The van der Waals surface area contributed by atoms with E-state index in [4.69, 9.17) is 33.7 Å². The van der Waals surface area contributed by atoms with Crippen LogP contribution in [0, 0.1) is 0 Å². The van der Waals surface area contributed by atoms with E-state index in [1.165, 1.54) is 6.26 Å². The highest BCUT2D eigenvalue weighted by molar-refractivity contribution is 7.91. The quantitative estimate of drug-likeness (QED) is 0.0727. The zero-order valence-electron chi connectivity index (χ0n) is 38.5. The van der Waals surface area contributed by atoms with E-state index in [0.717, 1.165) is 40.4 Å². The molecule has 13 nitrogen and oxygen atoms in total. The molecule has 59 heavy (non-hydrogen) atoms. The lowest BCUT2D eigenvalue weighted by molar-refractivity contribution is 0.00557. The lowest BCUT2D eigenvalue weighted by Crippen LogP contribution is -2.48. The predicted molar refractivity (Wildman–Crippen MR) is 246 cm³/mol. The third kappa shape index (κ3) is 12.3. The minimum atomic E-state index is -3.90. The summed E-state index contributed by atoms with van der Waals surface area (Å²) in [6, 6.07) is 1.74. The minimum absolute atomic E-state index is 0.0643. The Morgan fingerprint density at radius 3 is 1.95 bits per heavy atom. The van der Waals surface area contributed by atoms with Gasteiger partial charge < -0.3 is 28.4 Å². The van der Waals surface area contributed by atoms with Crippen LogP contribution in [0.3, 0.4) is 0 Å². The Bertz CT molecular complexity index is 2010. The van der Waals surface area contributed by atoms with Gasteiger partial charge in [0, 0.05) is 59.8 Å². The van der Waals surface area contributed by atoms with Crippen LogP contribution in [0.1, 0.15) is 83.8 Å². The Morgan fingerprint density at radius 1 is 0.898 bits per heavy atom. The summed E-state index contributed by atoms with van der Waals surface area (Å²) < 4.78 is 55.4. The molecule has 1 unspecified atom stereocenters. The topological polar surface area (TPSA) is 138 Å². The number of carbonyl (C=O) groups is 1. The van der Waals surface area contributed by atoms with Crippen molar-refractivity contribution in [2.24, 2.45) is 0 Å². The second kappa shape index (κ2) is 17.9. The zero-order chi connectivity index (χ0) is 43.9. The van der Waals surface area contributed by atoms with Crippen LogP contribution >= 0.6 is 11.3 Å². The number of thiazole rings is 1. The molecule has 0 spiro atoms. The number of ether oxygens (including phenoxy) is 3. The standard InChI is InChI=1S/C41H72N6O7S2Si3/c1-40(2,3)54-39(48)46-30-16-17-31(46)23-29(22-30)35-36(56(7,49)50)38(45(27-51-18-20-57(8,9)10)28-52-19-21-58(11,12)13)47-37(44-35)32(24-43-47)33-25-42-34(55-33)26-53-59(14,15)41(4,5)6/h24-25,29-31H,16-23,26-28H2,1-15H3/t29?,30-,31+. The van der Waals surface area contributed by atoms with Crippen molar-refractivity contribution in [2.45, 2.75) is 172 Å². The molecule has 3 atom stereocenters. The number of aromatic nitrogens is 4. The summed E-state index contributed by atoms with van der Waals surface area (Å²) in [5.41, 5.74) is 1.18. The van der Waals surface area contributed by atoms with Crippen molar-refractivity contribution in [3.63, 3.8) is 0 Å². The van der Waals surface area contributed by atoms with Gasteiger partial charge in [-0.25, -0.2) is 23.2 Å². The second-order valence-electron chi connectivity index (χ2n) is 21.6. The summed E-state index contributed by atoms with van der Waals surface area (Å²) in [6.45, 7) is 32.4. The van der Waals surface area contributed by atoms with Gasteiger partial charge in [0.15, 0.2) is 29.6 Å². The van der Waals surface area contributed by atoms with Gasteiger partial charge >= 0.3 is 6.09 Å². The van der Waals surface area contributed by atoms with Gasteiger partial charge in [0.25, 0.3) is 0 Å². The average molecular weight is 909 g/mol. The summed E-state index contributed by atoms with van der Waals surface area (Å²) >= 11 is 1.54. The fourth-order valence-electron chi connectivity index (χ4n) is 7.30. The summed E-state index contributed by atoms with van der Waals surface area (Å²) in [4.78, 5) is 28.3. The fourth-order valence-corrected chi connectivity index (χ4v) is 11.8. The highest BCUT2D eigenvalue weighted by Crippen LogP contribution is 2.47. The molecule has 2 aliphatic heterocycles. The molecule has 2 bridgehead atoms. The maximum Gasteiger partial charge on any atom is 0.410 e. The van der Waals surface area contributed by atoms with E-state index in [0.29, 0.717) is 49.8 Å². The normalized spacial score (nSPS) is 19.5. The highest BCUT2D eigenvalue weighted by Gasteiger charge is 2.47. The molecule has 0 N–H and O–H groups in total. The smallest absolute Gasteiger partial charge is 0.410 e. The molecular formula is C41H72N6O7S2Si3. The molecule has 0 aliphatic carbocycles. The van der Waals surface area contributed by atoms with Crippen molar-refractivity contribution in [3.8, 4) is 10.4 Å². The number of carbonyl (C=O) groups excluding carboxylic acids is 1. The van der Waals surface area contributed by atoms with E-state index < -0.39 is 39.9 Å². The molecule has 2 fully saturated rings. The fraction of sp³-hybridized carbons (Fsp3) is 0.756. The van der Waals surface area contributed by atoms with Crippen LogP contribution in [0.15, 0.2) is 17.3 Å². The number of amides is 1. The predicted octanol–water partition coefficient (Wildman–Crippen LogP) is 9.85. The number of hydrogen-bond donors (Lipinski definition) is 0. The molecule has 332 valence electrons. The van der Waals surface area contributed by atoms with Crippen molar-refractivity contribution in [2.75, 3.05) is 37.8 Å². The first kappa shape index (κ1) is 47.8. The lowest BCUT2D eigenvalue weighted by atomic mass is 9.88. The van der Waals surface area contributed by atoms with Gasteiger partial charge in [0.2, 0.25) is 0 Å². The van der Waals surface area contributed by atoms with Crippen LogP contribution < -0.4 is 4.90 Å². The number of anilines is 1. The van der Waals surface area contributed by atoms with Crippen molar-refractivity contribution in [1.82, 2.24) is 24.5 Å². The van der Waals surface area contributed by atoms with Crippen LogP contribution in [0.2, 0.25) is 69.5 Å². The van der Waals surface area contributed by atoms with E-state index in [1.807, 2.05) is 36.8 Å². The molecule has 0 radical (unpaired) electrons. The van der Waals surface area contributed by atoms with Gasteiger partial charge in [-0.2, -0.15) is 9.61 Å². The van der Waals surface area contributed by atoms with Crippen LogP contribution in [-0.2, 0) is 35.1 Å². The first-order valence-electron chi connectivity index (χ1n) is 21.2. The first-order valence-corrected chi connectivity index (χ1v) is 34.2. The van der Waals surface area contributed by atoms with E-state index in [9.17, 15) is 13.2 Å². The Kier molecular flexibility index (Phi) is 14.5. The van der Waals surface area contributed by atoms with Crippen molar-refractivity contribution in [3.05, 3.63) is 23.1 Å². The van der Waals surface area contributed by atoms with Crippen LogP contribution in [-0.4, -0.2) is 114 Å². The molecular weight excluding hydrogens is 837 g/mol. The third-order valence-electron chi connectivity index (χ3n) is 11.7. The van der Waals surface area contributed by atoms with Gasteiger partial charge in [-0.3, -0.25) is 0 Å². The van der Waals surface area contributed by atoms with E-state index in [1.54, 1.807) is 22.0 Å². The minimum Gasteiger partial charge on any atom is -0.444 e. The maximum atomic E-state index is 14.3. The third-order valence-corrected chi connectivity index (χ3v) is 21.7. The Labute approximate surface area is 361 Å². The molecule has 3 aromatic heterocycles. The van der Waals surface area contributed by atoms with Crippen molar-refractivity contribution in [1.29, 1.82) is 0 Å². The summed E-state index contributed by atoms with van der Waals surface area (Å²) in [5.74, 6) is 0.146. The molecule has 1 amide bonds. The number of sulfone groups is 1. The van der Waals surface area contributed by atoms with Crippen LogP contribution in [0.5, 0.6) is 0 Å². The zero-order valence-corrected chi connectivity index (χ0v) is 43.2. The number of fused-ring (bicyclic) bond motifs is 3. The monoisotopic (exact) mass is 908 g/mol. The average Bonchev–Trinajstić information content (AvgIpc) is 3.79. The number of rotatable bonds is 17. The Balaban J connectivity index is 1.64. The highest BCUT2D eigenvalue weighted by atomic mass is 32.2. The van der Waals surface area contributed by atoms with E-state index in [-0.39, 0.29) is 47.5 Å². The summed E-state index contributed by atoms with van der Waals surface area (Å²) in [6.07, 6.45) is 7.33. The van der Waals surface area contributed by atoms with Crippen LogP contribution in [0.25, 0.3) is 16.1 Å². The van der Waals surface area contributed by atoms with Gasteiger partial charge in [0.1, 0.15) is 29.0 Å². The molecule has 5 heterocycles. The summed E-state index contributed by atoms with van der Waals surface area (Å²) in [7, 11) is -8.74. The maximum absolute atomic E-state index is 14.3. The SMILES string of the molecule is CC(C)(C)OC(=O)N1[C@@H]2CC[C@H]1CC(c1nc3c(-c4cnc(CO[Si](C)(C)C(C)(C)C)s4)cnn3c(N(COCC[Si](C)(C)C)COCC[Si](C)(C)C)c1S(C)(=O)=O)C2. The number of nitrogens with zero attached hydrogens (tertiary/aromatic N) is 6. The molecule has 2 saturated heterocycles. The van der Waals surface area contributed by atoms with E-state index in [2.05, 4.69) is 73.1 Å². The second-order valence-corrected chi connectivity index (χ2v) is 40.7. The number of hydrogen-bond acceptors (Lipinski definition) is 12. The molecule has 0 aromatic carbocycles. The molecule has 5 rings (SSSR count). The van der Waals surface area contributed by atoms with Crippen molar-refractivity contribution < 1.29 is 31.8 Å². The molecule has 2 aliphatic rings. The van der Waals surface area contributed by atoms with Gasteiger partial charge in [-0.1, -0.05) is 60.1 Å². The van der Waals surface area contributed by atoms with Gasteiger partial charge in [0.05, 0.1) is 28.9 Å². The molecule has 0 saturated carbocycles. The van der Waals surface area contributed by atoms with Gasteiger partial charge in [-0.05, 0) is 76.7 Å². The van der Waals surface area contributed by atoms with E-state index >= 15 is 0 Å². The molecule has 18 heteroatoms. The largest absolute Gasteiger partial charge is 0.444 e. The lowest BCUT2D eigenvalue weighted by Gasteiger charge is -2.40. The Morgan fingerprint density at radius 2 is 1.46 bits per heavy atom. The molecule has 3 aromatic rings.